The number of nitrogens with one attached hydrogen (secondary N) is 1. The number of carbonyl (C=O) groups excluding carboxylic acids is 1. The molecule has 6 nitrogen and oxygen atoms in total. The third-order valence-corrected chi connectivity index (χ3v) is 7.45. The summed E-state index contributed by atoms with van der Waals surface area (Å²) >= 11 is 0. The molecule has 0 heterocycles. The highest BCUT2D eigenvalue weighted by molar-refractivity contribution is 7.52. The third kappa shape index (κ3) is 6.62. The second kappa shape index (κ2) is 10.3. The van der Waals surface area contributed by atoms with Gasteiger partial charge in [-0.25, -0.2) is 17.7 Å². The van der Waals surface area contributed by atoms with Crippen molar-refractivity contribution in [2.24, 2.45) is 5.41 Å². The number of hydrogen-bond acceptors (Lipinski definition) is 5. The first-order chi connectivity index (χ1) is 16.9. The van der Waals surface area contributed by atoms with Crippen molar-refractivity contribution in [3.05, 3.63) is 58.9 Å². The summed E-state index contributed by atoms with van der Waals surface area (Å²) in [5.41, 5.74) is 0.609. The van der Waals surface area contributed by atoms with Crippen molar-refractivity contribution in [3.8, 4) is 11.5 Å². The Hall–Kier alpha value is -2.65. The van der Waals surface area contributed by atoms with Gasteiger partial charge in [-0.2, -0.15) is 13.9 Å². The molecular weight excluding hydrogens is 520 g/mol. The molecule has 1 fully saturated rings. The molecule has 2 unspecified atom stereocenters. The molecule has 0 amide bonds. The molecule has 204 valence electrons. The molecule has 1 saturated carbocycles. The van der Waals surface area contributed by atoms with Crippen LogP contribution in [0.25, 0.3) is 0 Å². The van der Waals surface area contributed by atoms with Crippen LogP contribution in [-0.2, 0) is 19.5 Å². The minimum absolute atomic E-state index is 0.00583. The lowest BCUT2D eigenvalue weighted by Gasteiger charge is -2.41. The van der Waals surface area contributed by atoms with Crippen LogP contribution < -0.4 is 14.1 Å². The van der Waals surface area contributed by atoms with Crippen molar-refractivity contribution in [2.45, 2.75) is 71.9 Å². The van der Waals surface area contributed by atoms with E-state index in [2.05, 4.69) is 5.09 Å². The van der Waals surface area contributed by atoms with Crippen molar-refractivity contribution in [1.29, 1.82) is 0 Å². The molecule has 0 spiro atoms. The minimum Gasteiger partial charge on any atom is -0.461 e. The van der Waals surface area contributed by atoms with Gasteiger partial charge in [0.25, 0.3) is 0 Å². The number of esters is 1. The summed E-state index contributed by atoms with van der Waals surface area (Å²) in [5, 5.41) is 2.18. The van der Waals surface area contributed by atoms with Crippen LogP contribution in [-0.4, -0.2) is 18.1 Å². The van der Waals surface area contributed by atoms with Gasteiger partial charge in [0.1, 0.15) is 17.9 Å². The van der Waals surface area contributed by atoms with E-state index in [0.717, 1.165) is 5.56 Å². The Morgan fingerprint density at radius 2 is 1.43 bits per heavy atom. The van der Waals surface area contributed by atoms with Crippen molar-refractivity contribution in [1.82, 2.24) is 5.09 Å². The molecular formula is C25H29F5NO5P. The van der Waals surface area contributed by atoms with Gasteiger partial charge in [-0.1, -0.05) is 46.8 Å². The van der Waals surface area contributed by atoms with Crippen LogP contribution in [0, 0.1) is 34.5 Å². The topological polar surface area (TPSA) is 73.9 Å². The maximum Gasteiger partial charge on any atom is 0.513 e. The van der Waals surface area contributed by atoms with E-state index < -0.39 is 54.6 Å². The molecule has 2 aromatic carbocycles. The Balaban J connectivity index is 1.91. The fourth-order valence-corrected chi connectivity index (χ4v) is 5.35. The summed E-state index contributed by atoms with van der Waals surface area (Å²) < 4.78 is 98.6. The van der Waals surface area contributed by atoms with E-state index in [4.69, 9.17) is 13.8 Å². The quantitative estimate of drug-likeness (QED) is 0.126. The molecule has 1 aliphatic carbocycles. The van der Waals surface area contributed by atoms with Gasteiger partial charge in [0.05, 0.1) is 0 Å². The van der Waals surface area contributed by atoms with Crippen LogP contribution in [0.4, 0.5) is 22.0 Å². The fraction of sp³-hybridized carbons (Fsp3) is 0.480. The highest BCUT2D eigenvalue weighted by Gasteiger charge is 2.42. The highest BCUT2D eigenvalue weighted by Crippen LogP contribution is 2.48. The van der Waals surface area contributed by atoms with Gasteiger partial charge < -0.3 is 13.8 Å². The Morgan fingerprint density at radius 3 is 1.89 bits per heavy atom. The highest BCUT2D eigenvalue weighted by atomic mass is 31.2. The molecule has 1 aliphatic rings. The lowest BCUT2D eigenvalue weighted by molar-refractivity contribution is -0.161. The second-order valence-electron chi connectivity index (χ2n) is 10.8. The van der Waals surface area contributed by atoms with Crippen molar-refractivity contribution in [2.75, 3.05) is 0 Å². The van der Waals surface area contributed by atoms with Gasteiger partial charge in [0.15, 0.2) is 0 Å². The fourth-order valence-electron chi connectivity index (χ4n) is 3.82. The largest absolute Gasteiger partial charge is 0.513 e. The molecule has 0 aliphatic heterocycles. The average Bonchev–Trinajstić information content (AvgIpc) is 2.77. The molecule has 2 aromatic rings. The zero-order valence-corrected chi connectivity index (χ0v) is 22.2. The van der Waals surface area contributed by atoms with E-state index in [1.54, 1.807) is 12.1 Å². The molecule has 0 saturated heterocycles. The van der Waals surface area contributed by atoms with Crippen LogP contribution in [0.2, 0.25) is 0 Å². The number of benzene rings is 2. The lowest BCUT2D eigenvalue weighted by Crippen LogP contribution is -2.43. The summed E-state index contributed by atoms with van der Waals surface area (Å²) in [5.74, 6) is -14.5. The normalized spacial score (nSPS) is 17.9. The summed E-state index contributed by atoms with van der Waals surface area (Å²) in [7, 11) is -4.98. The van der Waals surface area contributed by atoms with Crippen LogP contribution in [0.15, 0.2) is 24.3 Å². The zero-order valence-electron chi connectivity index (χ0n) is 21.3. The molecule has 1 N–H and O–H groups in total. The van der Waals surface area contributed by atoms with E-state index in [0.29, 0.717) is 12.8 Å². The molecule has 0 bridgehead atoms. The van der Waals surface area contributed by atoms with E-state index in [9.17, 15) is 31.3 Å². The van der Waals surface area contributed by atoms with E-state index in [1.165, 1.54) is 19.1 Å². The van der Waals surface area contributed by atoms with Gasteiger partial charge in [-0.05, 0) is 48.3 Å². The van der Waals surface area contributed by atoms with Gasteiger partial charge in [-0.15, -0.1) is 0 Å². The van der Waals surface area contributed by atoms with Gasteiger partial charge in [-0.3, -0.25) is 4.79 Å². The first-order valence-corrected chi connectivity index (χ1v) is 13.1. The summed E-state index contributed by atoms with van der Waals surface area (Å²) in [6, 6.07) is 4.64. The van der Waals surface area contributed by atoms with Crippen molar-refractivity contribution >= 4 is 13.7 Å². The SMILES string of the molecule is CC(NP(=O)(Oc1ccc(C(C)(C)C)cc1)Oc1c(F)c(F)c(F)c(F)c1F)C(=O)OC1CC(C)(C)C1. The van der Waals surface area contributed by atoms with Crippen LogP contribution in [0.5, 0.6) is 11.5 Å². The lowest BCUT2D eigenvalue weighted by atomic mass is 9.70. The molecule has 37 heavy (non-hydrogen) atoms. The van der Waals surface area contributed by atoms with Crippen molar-refractivity contribution < 1.29 is 45.1 Å². The number of ether oxygens (including phenoxy) is 1. The number of rotatable bonds is 8. The molecule has 12 heteroatoms. The standard InChI is InChI=1S/C25H29F5NO5P/c1-13(23(32)34-16-11-25(5,6)12-16)31-37(33,35-15-9-7-14(8-10-15)24(2,3)4)36-22-20(29)18(27)17(26)19(28)21(22)30/h7-10,13,16H,11-12H2,1-6H3,(H,31,33). The number of carbonyl (C=O) groups is 1. The van der Waals surface area contributed by atoms with Crippen molar-refractivity contribution in [3.63, 3.8) is 0 Å². The first kappa shape index (κ1) is 28.9. The van der Waals surface area contributed by atoms with E-state index >= 15 is 0 Å². The zero-order chi connectivity index (χ0) is 27.9. The Bertz CT molecular complexity index is 1190. The summed E-state index contributed by atoms with van der Waals surface area (Å²) in [6.45, 7) is 11.0. The first-order valence-electron chi connectivity index (χ1n) is 11.5. The predicted molar refractivity (Wildman–Crippen MR) is 126 cm³/mol. The van der Waals surface area contributed by atoms with Crippen LogP contribution in [0.1, 0.15) is 59.9 Å². The maximum absolute atomic E-state index is 14.3. The smallest absolute Gasteiger partial charge is 0.461 e. The van der Waals surface area contributed by atoms with Crippen LogP contribution in [0.3, 0.4) is 0 Å². The van der Waals surface area contributed by atoms with Gasteiger partial charge in [0.2, 0.25) is 34.8 Å². The van der Waals surface area contributed by atoms with E-state index in [1.807, 2.05) is 34.6 Å². The van der Waals surface area contributed by atoms with E-state index in [-0.39, 0.29) is 22.7 Å². The Morgan fingerprint density at radius 1 is 0.946 bits per heavy atom. The monoisotopic (exact) mass is 549 g/mol. The summed E-state index contributed by atoms with van der Waals surface area (Å²) in [4.78, 5) is 12.5. The third-order valence-electron chi connectivity index (χ3n) is 5.88. The molecule has 2 atom stereocenters. The van der Waals surface area contributed by atoms with Crippen LogP contribution >= 0.6 is 7.75 Å². The predicted octanol–water partition coefficient (Wildman–Crippen LogP) is 6.96. The van der Waals surface area contributed by atoms with Gasteiger partial charge in [0, 0.05) is 0 Å². The molecule has 0 radical (unpaired) electrons. The Kier molecular flexibility index (Phi) is 8.01. The minimum atomic E-state index is -4.98. The maximum atomic E-state index is 14.3. The second-order valence-corrected chi connectivity index (χ2v) is 12.5. The average molecular weight is 549 g/mol. The summed E-state index contributed by atoms with van der Waals surface area (Å²) in [6.07, 6.45) is 0.815. The number of hydrogen-bond donors (Lipinski definition) is 1. The Labute approximate surface area is 212 Å². The van der Waals surface area contributed by atoms with Gasteiger partial charge >= 0.3 is 13.7 Å². The number of halogens is 5. The molecule has 0 aromatic heterocycles. The molecule has 3 rings (SSSR count).